The van der Waals surface area contributed by atoms with E-state index in [2.05, 4.69) is 4.99 Å². The molecule has 2 aromatic rings. The predicted molar refractivity (Wildman–Crippen MR) is 86.1 cm³/mol. The Labute approximate surface area is 133 Å². The van der Waals surface area contributed by atoms with Gasteiger partial charge in [-0.25, -0.2) is 0 Å². The summed E-state index contributed by atoms with van der Waals surface area (Å²) in [6, 6.07) is 12.2. The maximum Gasteiger partial charge on any atom is 0.278 e. The number of nitro groups is 1. The number of benzene rings is 2. The number of amides is 1. The van der Waals surface area contributed by atoms with E-state index in [4.69, 9.17) is 4.74 Å². The third kappa shape index (κ3) is 4.63. The normalized spacial score (nSPS) is 10.5. The van der Waals surface area contributed by atoms with Crippen LogP contribution in [0.5, 0.6) is 11.5 Å². The van der Waals surface area contributed by atoms with E-state index in [1.807, 2.05) is 0 Å². The van der Waals surface area contributed by atoms with Crippen molar-refractivity contribution in [3.8, 4) is 11.5 Å². The van der Waals surface area contributed by atoms with E-state index in [-0.39, 0.29) is 11.6 Å². The monoisotopic (exact) mass is 313 g/mol. The van der Waals surface area contributed by atoms with Crippen LogP contribution in [0.4, 0.5) is 5.69 Å². The molecule has 0 aromatic heterocycles. The Morgan fingerprint density at radius 1 is 1.09 bits per heavy atom. The fourth-order valence-electron chi connectivity index (χ4n) is 1.68. The molecule has 0 saturated carbocycles. The Kier molecular flexibility index (Phi) is 5.03. The van der Waals surface area contributed by atoms with Crippen molar-refractivity contribution in [3.05, 3.63) is 64.2 Å². The quantitative estimate of drug-likeness (QED) is 0.366. The molecule has 0 spiro atoms. The maximum atomic E-state index is 11.8. The molecule has 0 heterocycles. The van der Waals surface area contributed by atoms with Gasteiger partial charge in [-0.1, -0.05) is 0 Å². The first kappa shape index (κ1) is 16.2. The molecule has 0 N–H and O–H groups in total. The van der Waals surface area contributed by atoms with Crippen molar-refractivity contribution in [3.63, 3.8) is 0 Å². The number of carbonyl (C=O) groups is 1. The van der Waals surface area contributed by atoms with Gasteiger partial charge in [0.1, 0.15) is 11.5 Å². The number of nitro benzene ring substituents is 1. The molecular formula is C16H15N3O4. The second kappa shape index (κ2) is 7.17. The number of hydrogen-bond acceptors (Lipinski definition) is 4. The summed E-state index contributed by atoms with van der Waals surface area (Å²) in [4.78, 5) is 27.4. The minimum atomic E-state index is -0.474. The number of non-ortho nitro benzene ring substituents is 1. The molecule has 0 aliphatic rings. The molecule has 2 rings (SSSR count). The molecule has 1 amide bonds. The van der Waals surface area contributed by atoms with Crippen LogP contribution >= 0.6 is 0 Å². The van der Waals surface area contributed by atoms with Gasteiger partial charge in [-0.05, 0) is 36.4 Å². The fourth-order valence-corrected chi connectivity index (χ4v) is 1.68. The van der Waals surface area contributed by atoms with Gasteiger partial charge < -0.3 is 9.64 Å². The van der Waals surface area contributed by atoms with Crippen molar-refractivity contribution >= 4 is 17.9 Å². The zero-order valence-electron chi connectivity index (χ0n) is 12.7. The highest BCUT2D eigenvalue weighted by Crippen LogP contribution is 2.24. The van der Waals surface area contributed by atoms with E-state index in [9.17, 15) is 14.9 Å². The molecule has 0 fully saturated rings. The number of hydrogen-bond donors (Lipinski definition) is 0. The van der Waals surface area contributed by atoms with Crippen LogP contribution in [0.1, 0.15) is 10.4 Å². The maximum absolute atomic E-state index is 11.8. The molecule has 7 heteroatoms. The summed E-state index contributed by atoms with van der Waals surface area (Å²) in [7, 11) is 3.55. The summed E-state index contributed by atoms with van der Waals surface area (Å²) in [5.41, 5.74) is 0.441. The van der Waals surface area contributed by atoms with Crippen molar-refractivity contribution in [2.75, 3.05) is 14.1 Å². The number of aliphatic imine (C=N–C) groups is 1. The third-order valence-electron chi connectivity index (χ3n) is 2.79. The number of carbonyl (C=O) groups excluding carboxylic acids is 1. The first-order valence-corrected chi connectivity index (χ1v) is 6.73. The second-order valence-corrected chi connectivity index (χ2v) is 4.89. The Bertz CT molecular complexity index is 722. The summed E-state index contributed by atoms with van der Waals surface area (Å²) in [5.74, 6) is 0.646. The fraction of sp³-hybridized carbons (Fsp3) is 0.125. The van der Waals surface area contributed by atoms with Gasteiger partial charge in [-0.3, -0.25) is 14.9 Å². The van der Waals surface area contributed by atoms with Gasteiger partial charge in [0.2, 0.25) is 0 Å². The summed E-state index contributed by atoms with van der Waals surface area (Å²) in [6.07, 6.45) is 1.43. The lowest BCUT2D eigenvalue weighted by Gasteiger charge is -2.06. The van der Waals surface area contributed by atoms with Crippen LogP contribution < -0.4 is 4.74 Å². The summed E-state index contributed by atoms with van der Waals surface area (Å²) in [5, 5.41) is 10.6. The molecule has 118 valence electrons. The lowest BCUT2D eigenvalue weighted by atomic mass is 10.2. The number of nitrogens with zero attached hydrogens (tertiary/aromatic N) is 3. The minimum absolute atomic E-state index is 0.00273. The number of rotatable bonds is 5. The standard InChI is InChI=1S/C16H15N3O4/c1-18(2)11-17-16(20)12-3-7-14(8-4-12)23-15-9-5-13(6-10-15)19(21)22/h3-11H,1-2H3/b17-11-. The van der Waals surface area contributed by atoms with E-state index in [1.54, 1.807) is 43.3 Å². The largest absolute Gasteiger partial charge is 0.457 e. The molecule has 0 radical (unpaired) electrons. The van der Waals surface area contributed by atoms with Crippen LogP contribution in [-0.4, -0.2) is 36.2 Å². The van der Waals surface area contributed by atoms with Crippen molar-refractivity contribution in [2.45, 2.75) is 0 Å². The Balaban J connectivity index is 2.05. The van der Waals surface area contributed by atoms with Crippen molar-refractivity contribution < 1.29 is 14.5 Å². The first-order chi connectivity index (χ1) is 11.0. The Morgan fingerprint density at radius 3 is 2.09 bits per heavy atom. The second-order valence-electron chi connectivity index (χ2n) is 4.89. The van der Waals surface area contributed by atoms with Crippen molar-refractivity contribution in [2.24, 2.45) is 4.99 Å². The minimum Gasteiger partial charge on any atom is -0.457 e. The zero-order valence-corrected chi connectivity index (χ0v) is 12.7. The van der Waals surface area contributed by atoms with E-state index in [0.717, 1.165) is 0 Å². The molecule has 0 atom stereocenters. The molecule has 0 aliphatic heterocycles. The van der Waals surface area contributed by atoms with Crippen LogP contribution in [0, 0.1) is 10.1 Å². The van der Waals surface area contributed by atoms with Crippen LogP contribution in [0.25, 0.3) is 0 Å². The van der Waals surface area contributed by atoms with Crippen LogP contribution in [-0.2, 0) is 0 Å². The van der Waals surface area contributed by atoms with E-state index in [0.29, 0.717) is 17.1 Å². The van der Waals surface area contributed by atoms with Gasteiger partial charge in [0.15, 0.2) is 0 Å². The third-order valence-corrected chi connectivity index (χ3v) is 2.79. The van der Waals surface area contributed by atoms with Crippen LogP contribution in [0.3, 0.4) is 0 Å². The molecule has 2 aromatic carbocycles. The zero-order chi connectivity index (χ0) is 16.8. The SMILES string of the molecule is CN(C)/C=N\C(=O)c1ccc(Oc2ccc([N+](=O)[O-])cc2)cc1. The lowest BCUT2D eigenvalue weighted by Crippen LogP contribution is -2.09. The van der Waals surface area contributed by atoms with Gasteiger partial charge in [0.05, 0.1) is 11.3 Å². The van der Waals surface area contributed by atoms with E-state index >= 15 is 0 Å². The molecule has 7 nitrogen and oxygen atoms in total. The average Bonchev–Trinajstić information content (AvgIpc) is 2.54. The highest BCUT2D eigenvalue weighted by Gasteiger charge is 2.06. The van der Waals surface area contributed by atoms with E-state index in [1.165, 1.54) is 30.6 Å². The average molecular weight is 313 g/mol. The Morgan fingerprint density at radius 2 is 1.61 bits per heavy atom. The highest BCUT2D eigenvalue weighted by molar-refractivity contribution is 5.98. The van der Waals surface area contributed by atoms with Gasteiger partial charge in [-0.15, -0.1) is 0 Å². The van der Waals surface area contributed by atoms with Crippen LogP contribution in [0.15, 0.2) is 53.5 Å². The molecular weight excluding hydrogens is 298 g/mol. The van der Waals surface area contributed by atoms with Gasteiger partial charge in [0, 0.05) is 31.8 Å². The summed E-state index contributed by atoms with van der Waals surface area (Å²) in [6.45, 7) is 0. The summed E-state index contributed by atoms with van der Waals surface area (Å²) < 4.78 is 5.57. The molecule has 0 saturated heterocycles. The molecule has 0 unspecified atom stereocenters. The van der Waals surface area contributed by atoms with Crippen molar-refractivity contribution in [1.29, 1.82) is 0 Å². The van der Waals surface area contributed by atoms with Crippen molar-refractivity contribution in [1.82, 2.24) is 4.90 Å². The summed E-state index contributed by atoms with van der Waals surface area (Å²) >= 11 is 0. The van der Waals surface area contributed by atoms with E-state index < -0.39 is 4.92 Å². The lowest BCUT2D eigenvalue weighted by molar-refractivity contribution is -0.384. The van der Waals surface area contributed by atoms with Gasteiger partial charge >= 0.3 is 0 Å². The molecule has 0 aliphatic carbocycles. The Hall–Kier alpha value is -3.22. The molecule has 0 bridgehead atoms. The van der Waals surface area contributed by atoms with Gasteiger partial charge in [0.25, 0.3) is 11.6 Å². The topological polar surface area (TPSA) is 85.0 Å². The molecule has 23 heavy (non-hydrogen) atoms. The number of ether oxygens (including phenoxy) is 1. The highest BCUT2D eigenvalue weighted by atomic mass is 16.6. The first-order valence-electron chi connectivity index (χ1n) is 6.73. The smallest absolute Gasteiger partial charge is 0.278 e. The predicted octanol–water partition coefficient (Wildman–Crippen LogP) is 3.12. The van der Waals surface area contributed by atoms with Gasteiger partial charge in [-0.2, -0.15) is 4.99 Å². The van der Waals surface area contributed by atoms with Crippen LogP contribution in [0.2, 0.25) is 0 Å².